The molecule has 1 unspecified atom stereocenters. The van der Waals surface area contributed by atoms with E-state index in [1.165, 1.54) is 18.9 Å². The van der Waals surface area contributed by atoms with Gasteiger partial charge in [0.15, 0.2) is 11.5 Å². The summed E-state index contributed by atoms with van der Waals surface area (Å²) in [5, 5.41) is 4.80. The fourth-order valence-corrected chi connectivity index (χ4v) is 5.57. The van der Waals surface area contributed by atoms with Crippen LogP contribution in [0.3, 0.4) is 0 Å². The summed E-state index contributed by atoms with van der Waals surface area (Å²) in [6.45, 7) is 2.03. The van der Waals surface area contributed by atoms with Crippen LogP contribution in [0.2, 0.25) is 0 Å². The summed E-state index contributed by atoms with van der Waals surface area (Å²) < 4.78 is 12.4. The molecule has 1 N–H and O–H groups in total. The molecule has 0 radical (unpaired) electrons. The Bertz CT molecular complexity index is 1570. The number of thioether (sulfide) groups is 1. The Morgan fingerprint density at radius 3 is 2.00 bits per heavy atom. The SMILES string of the molecule is CCC(Sc1ccc(NC(=O)c2ccc(OC)c(OC)c2)cc1)C(=O)n1c2ccccc2c2ccccc21. The molecule has 0 saturated heterocycles. The molecular weight excluding hydrogens is 496 g/mol. The normalized spacial score (nSPS) is 11.9. The molecule has 1 aromatic heterocycles. The monoisotopic (exact) mass is 524 g/mol. The molecule has 0 aliphatic heterocycles. The lowest BCUT2D eigenvalue weighted by Gasteiger charge is -2.16. The zero-order valence-electron chi connectivity index (χ0n) is 21.4. The summed E-state index contributed by atoms with van der Waals surface area (Å²) in [5.41, 5.74) is 2.97. The van der Waals surface area contributed by atoms with Crippen molar-refractivity contribution in [3.63, 3.8) is 0 Å². The third-order valence-corrected chi connectivity index (χ3v) is 7.85. The van der Waals surface area contributed by atoms with E-state index in [2.05, 4.69) is 17.4 Å². The number of carbonyl (C=O) groups excluding carboxylic acids is 2. The van der Waals surface area contributed by atoms with Gasteiger partial charge in [-0.15, -0.1) is 11.8 Å². The number of ether oxygens (including phenoxy) is 2. The number of anilines is 1. The Kier molecular flexibility index (Phi) is 7.38. The van der Waals surface area contributed by atoms with E-state index in [-0.39, 0.29) is 17.1 Å². The second-order valence-corrected chi connectivity index (χ2v) is 10.0. The fourth-order valence-electron chi connectivity index (χ4n) is 4.57. The van der Waals surface area contributed by atoms with Gasteiger partial charge in [-0.2, -0.15) is 0 Å². The number of nitrogens with one attached hydrogen (secondary N) is 1. The molecule has 7 heteroatoms. The van der Waals surface area contributed by atoms with Gasteiger partial charge >= 0.3 is 0 Å². The van der Waals surface area contributed by atoms with Crippen molar-refractivity contribution in [3.8, 4) is 11.5 Å². The van der Waals surface area contributed by atoms with Crippen LogP contribution in [-0.2, 0) is 0 Å². The Morgan fingerprint density at radius 2 is 1.42 bits per heavy atom. The summed E-state index contributed by atoms with van der Waals surface area (Å²) in [6.07, 6.45) is 0.683. The van der Waals surface area contributed by atoms with E-state index in [0.29, 0.717) is 29.2 Å². The molecule has 0 aliphatic carbocycles. The first kappa shape index (κ1) is 25.4. The second kappa shape index (κ2) is 11.0. The molecule has 1 atom stereocenters. The number of para-hydroxylation sites is 2. The summed E-state index contributed by atoms with van der Waals surface area (Å²) in [6, 6.07) is 28.6. The number of benzene rings is 4. The lowest BCUT2D eigenvalue weighted by molar-refractivity contribution is 0.0918. The quantitative estimate of drug-likeness (QED) is 0.216. The molecule has 192 valence electrons. The van der Waals surface area contributed by atoms with E-state index in [1.807, 2.05) is 72.2 Å². The summed E-state index contributed by atoms with van der Waals surface area (Å²) in [5.74, 6) is 0.858. The van der Waals surface area contributed by atoms with Gasteiger partial charge in [0.25, 0.3) is 5.91 Å². The van der Waals surface area contributed by atoms with Crippen LogP contribution in [0.25, 0.3) is 21.8 Å². The molecule has 0 bridgehead atoms. The standard InChI is InChI=1S/C31H28N2O4S/c1-4-29(31(35)33-25-11-7-5-9-23(25)24-10-6-8-12-26(24)33)38-22-16-14-21(15-17-22)32-30(34)20-13-18-27(36-2)28(19-20)37-3/h5-19,29H,4H2,1-3H3,(H,32,34). The van der Waals surface area contributed by atoms with Crippen LogP contribution in [0.1, 0.15) is 28.5 Å². The van der Waals surface area contributed by atoms with Gasteiger partial charge in [0.2, 0.25) is 5.91 Å². The van der Waals surface area contributed by atoms with Crippen LogP contribution in [0.4, 0.5) is 5.69 Å². The minimum Gasteiger partial charge on any atom is -0.493 e. The Hall–Kier alpha value is -4.23. The molecule has 4 aromatic carbocycles. The van der Waals surface area contributed by atoms with Gasteiger partial charge in [0.1, 0.15) is 0 Å². The number of aromatic nitrogens is 1. The average Bonchev–Trinajstić information content (AvgIpc) is 3.30. The van der Waals surface area contributed by atoms with Crippen LogP contribution in [-0.4, -0.2) is 35.9 Å². The van der Waals surface area contributed by atoms with Gasteiger partial charge in [-0.3, -0.25) is 14.2 Å². The van der Waals surface area contributed by atoms with Crippen molar-refractivity contribution >= 4 is 51.1 Å². The largest absolute Gasteiger partial charge is 0.493 e. The molecule has 1 heterocycles. The van der Waals surface area contributed by atoms with Gasteiger partial charge in [-0.25, -0.2) is 0 Å². The maximum Gasteiger partial charge on any atom is 0.255 e. The van der Waals surface area contributed by atoms with Gasteiger partial charge in [0, 0.05) is 26.9 Å². The molecule has 6 nitrogen and oxygen atoms in total. The van der Waals surface area contributed by atoms with E-state index in [0.717, 1.165) is 26.7 Å². The number of nitrogens with zero attached hydrogens (tertiary/aromatic N) is 1. The maximum atomic E-state index is 13.8. The number of rotatable bonds is 8. The minimum atomic E-state index is -0.263. The number of amides is 1. The minimum absolute atomic E-state index is 0.0562. The van der Waals surface area contributed by atoms with Crippen molar-refractivity contribution in [2.75, 3.05) is 19.5 Å². The van der Waals surface area contributed by atoms with Crippen molar-refractivity contribution in [3.05, 3.63) is 96.6 Å². The molecule has 0 fully saturated rings. The van der Waals surface area contributed by atoms with Crippen molar-refractivity contribution in [2.24, 2.45) is 0 Å². The maximum absolute atomic E-state index is 13.8. The van der Waals surface area contributed by atoms with Crippen molar-refractivity contribution in [1.82, 2.24) is 4.57 Å². The van der Waals surface area contributed by atoms with Gasteiger partial charge in [-0.1, -0.05) is 43.3 Å². The van der Waals surface area contributed by atoms with Gasteiger partial charge < -0.3 is 14.8 Å². The van der Waals surface area contributed by atoms with E-state index in [4.69, 9.17) is 9.47 Å². The fraction of sp³-hybridized carbons (Fsp3) is 0.161. The molecule has 0 aliphatic rings. The third kappa shape index (κ3) is 4.85. The van der Waals surface area contributed by atoms with Crippen molar-refractivity contribution in [2.45, 2.75) is 23.5 Å². The summed E-state index contributed by atoms with van der Waals surface area (Å²) >= 11 is 1.53. The Morgan fingerprint density at radius 1 is 0.816 bits per heavy atom. The smallest absolute Gasteiger partial charge is 0.255 e. The molecular formula is C31H28N2O4S. The lowest BCUT2D eigenvalue weighted by Crippen LogP contribution is -2.23. The van der Waals surface area contributed by atoms with Gasteiger partial charge in [-0.05, 0) is 61.0 Å². The van der Waals surface area contributed by atoms with Crippen LogP contribution >= 0.6 is 11.8 Å². The highest BCUT2D eigenvalue weighted by atomic mass is 32.2. The first-order valence-corrected chi connectivity index (χ1v) is 13.2. The number of hydrogen-bond acceptors (Lipinski definition) is 5. The topological polar surface area (TPSA) is 69.6 Å². The van der Waals surface area contributed by atoms with Gasteiger partial charge in [0.05, 0.1) is 30.5 Å². The highest BCUT2D eigenvalue weighted by Gasteiger charge is 2.24. The lowest BCUT2D eigenvalue weighted by atomic mass is 10.2. The zero-order valence-corrected chi connectivity index (χ0v) is 22.2. The second-order valence-electron chi connectivity index (χ2n) is 8.77. The molecule has 38 heavy (non-hydrogen) atoms. The molecule has 0 spiro atoms. The zero-order chi connectivity index (χ0) is 26.6. The first-order valence-electron chi connectivity index (χ1n) is 12.4. The number of methoxy groups -OCH3 is 2. The average molecular weight is 525 g/mol. The first-order chi connectivity index (χ1) is 18.5. The molecule has 1 amide bonds. The van der Waals surface area contributed by atoms with E-state index in [1.54, 1.807) is 25.3 Å². The van der Waals surface area contributed by atoms with E-state index in [9.17, 15) is 9.59 Å². The highest BCUT2D eigenvalue weighted by molar-refractivity contribution is 8.00. The molecule has 5 rings (SSSR count). The van der Waals surface area contributed by atoms with Crippen LogP contribution in [0.15, 0.2) is 95.9 Å². The third-order valence-electron chi connectivity index (χ3n) is 6.48. The van der Waals surface area contributed by atoms with Crippen molar-refractivity contribution < 1.29 is 19.1 Å². The number of fused-ring (bicyclic) bond motifs is 3. The summed E-state index contributed by atoms with van der Waals surface area (Å²) in [7, 11) is 3.09. The number of hydrogen-bond donors (Lipinski definition) is 1. The molecule has 0 saturated carbocycles. The van der Waals surface area contributed by atoms with Crippen molar-refractivity contribution in [1.29, 1.82) is 0 Å². The predicted molar refractivity (Wildman–Crippen MR) is 154 cm³/mol. The Labute approximate surface area is 225 Å². The highest BCUT2D eigenvalue weighted by Crippen LogP contribution is 2.33. The van der Waals surface area contributed by atoms with E-state index < -0.39 is 0 Å². The summed E-state index contributed by atoms with van der Waals surface area (Å²) in [4.78, 5) is 27.5. The number of carbonyl (C=O) groups is 2. The van der Waals surface area contributed by atoms with E-state index >= 15 is 0 Å². The van der Waals surface area contributed by atoms with Crippen LogP contribution in [0, 0.1) is 0 Å². The molecule has 5 aromatic rings. The Balaban J connectivity index is 1.33. The predicted octanol–water partition coefficient (Wildman–Crippen LogP) is 7.28. The van der Waals surface area contributed by atoms with Crippen LogP contribution < -0.4 is 14.8 Å². The van der Waals surface area contributed by atoms with Crippen LogP contribution in [0.5, 0.6) is 11.5 Å².